The molecule has 0 amide bonds. The quantitative estimate of drug-likeness (QED) is 0.238. The molecule has 0 saturated heterocycles. The number of carbonyl (C=O) groups is 1. The number of hydrogen-bond donors (Lipinski definition) is 0. The Bertz CT molecular complexity index is 1260. The van der Waals surface area contributed by atoms with Crippen molar-refractivity contribution in [3.8, 4) is 5.75 Å². The Hall–Kier alpha value is -3.53. The maximum absolute atomic E-state index is 12.5. The van der Waals surface area contributed by atoms with Crippen LogP contribution in [0, 0.1) is 5.41 Å². The molecule has 4 heteroatoms. The number of hydrogen-bond acceptors (Lipinski definition) is 4. The summed E-state index contributed by atoms with van der Waals surface area (Å²) in [6, 6.07) is 13.5. The van der Waals surface area contributed by atoms with Gasteiger partial charge in [0.1, 0.15) is 5.75 Å². The lowest BCUT2D eigenvalue weighted by atomic mass is 9.72. The van der Waals surface area contributed by atoms with Gasteiger partial charge >= 0.3 is 5.97 Å². The van der Waals surface area contributed by atoms with Crippen molar-refractivity contribution in [1.82, 2.24) is 9.97 Å². The van der Waals surface area contributed by atoms with E-state index in [0.29, 0.717) is 11.4 Å². The molecule has 0 atom stereocenters. The van der Waals surface area contributed by atoms with E-state index in [2.05, 4.69) is 42.9 Å². The number of ether oxygens (including phenoxy) is 1. The van der Waals surface area contributed by atoms with E-state index in [1.165, 1.54) is 36.6 Å². The monoisotopic (exact) mass is 438 g/mol. The van der Waals surface area contributed by atoms with Gasteiger partial charge in [-0.15, -0.1) is 0 Å². The standard InChI is InChI=1S/C29H30N2O2/c1-20(11-14-26-21(2)8-7-15-29(26,3)4)16-24-18-31-27(19-30-24)28(32)33-25-13-12-22-9-5-6-10-23(22)17-25/h5-6,9-14,16-19H,7-8,15H2,1-4H3/b14-11?,20-16+. The van der Waals surface area contributed by atoms with Crippen LogP contribution in [0.3, 0.4) is 0 Å². The topological polar surface area (TPSA) is 52.1 Å². The average molecular weight is 439 g/mol. The van der Waals surface area contributed by atoms with E-state index < -0.39 is 5.97 Å². The highest BCUT2D eigenvalue weighted by molar-refractivity contribution is 5.90. The SMILES string of the molecule is CC1=C(C=C/C(C)=C/c2cnc(C(=O)Oc3ccc4ccccc4c3)cn2)C(C)(C)CCC1. The third-order valence-electron chi connectivity index (χ3n) is 6.24. The molecule has 0 saturated carbocycles. The van der Waals surface area contributed by atoms with Gasteiger partial charge in [-0.1, -0.05) is 61.9 Å². The van der Waals surface area contributed by atoms with E-state index in [-0.39, 0.29) is 11.1 Å². The Labute approximate surface area is 195 Å². The van der Waals surface area contributed by atoms with Gasteiger partial charge in [0.15, 0.2) is 5.69 Å². The predicted molar refractivity (Wildman–Crippen MR) is 134 cm³/mol. The molecular weight excluding hydrogens is 408 g/mol. The van der Waals surface area contributed by atoms with Gasteiger partial charge in [-0.05, 0) is 78.7 Å². The second-order valence-electron chi connectivity index (χ2n) is 9.38. The summed E-state index contributed by atoms with van der Waals surface area (Å²) >= 11 is 0. The Balaban J connectivity index is 1.43. The number of nitrogens with zero attached hydrogens (tertiary/aromatic N) is 2. The van der Waals surface area contributed by atoms with Crippen LogP contribution in [0.2, 0.25) is 0 Å². The molecule has 1 aliphatic rings. The van der Waals surface area contributed by atoms with Crippen LogP contribution < -0.4 is 4.74 Å². The summed E-state index contributed by atoms with van der Waals surface area (Å²) in [5.74, 6) is -0.0347. The Kier molecular flexibility index (Phi) is 6.55. The molecular formula is C29H30N2O2. The number of rotatable bonds is 5. The fourth-order valence-electron chi connectivity index (χ4n) is 4.41. The van der Waals surface area contributed by atoms with E-state index in [0.717, 1.165) is 16.3 Å². The van der Waals surface area contributed by atoms with Crippen LogP contribution in [0.5, 0.6) is 5.75 Å². The third-order valence-corrected chi connectivity index (χ3v) is 6.24. The zero-order valence-electron chi connectivity index (χ0n) is 19.8. The highest BCUT2D eigenvalue weighted by Gasteiger charge is 2.26. The number of benzene rings is 2. The predicted octanol–water partition coefficient (Wildman–Crippen LogP) is 7.34. The van der Waals surface area contributed by atoms with Crippen molar-refractivity contribution in [3.05, 3.63) is 95.1 Å². The van der Waals surface area contributed by atoms with Crippen molar-refractivity contribution >= 4 is 22.8 Å². The molecule has 0 radical (unpaired) electrons. The molecule has 1 heterocycles. The van der Waals surface area contributed by atoms with Crippen molar-refractivity contribution in [2.45, 2.75) is 47.0 Å². The normalized spacial score (nSPS) is 16.4. The number of esters is 1. The summed E-state index contributed by atoms with van der Waals surface area (Å²) in [5, 5.41) is 2.11. The first-order chi connectivity index (χ1) is 15.8. The third kappa shape index (κ3) is 5.46. The summed E-state index contributed by atoms with van der Waals surface area (Å²) in [6.45, 7) is 8.91. The van der Waals surface area contributed by atoms with Crippen LogP contribution in [-0.4, -0.2) is 15.9 Å². The summed E-state index contributed by atoms with van der Waals surface area (Å²) < 4.78 is 5.49. The number of aromatic nitrogens is 2. The van der Waals surface area contributed by atoms with Crippen LogP contribution in [-0.2, 0) is 0 Å². The number of carbonyl (C=O) groups excluding carboxylic acids is 1. The molecule has 2 aromatic carbocycles. The van der Waals surface area contributed by atoms with E-state index in [1.54, 1.807) is 12.3 Å². The zero-order valence-corrected chi connectivity index (χ0v) is 19.8. The molecule has 168 valence electrons. The van der Waals surface area contributed by atoms with E-state index >= 15 is 0 Å². The lowest BCUT2D eigenvalue weighted by molar-refractivity contribution is 0.0728. The Morgan fingerprint density at radius 2 is 1.85 bits per heavy atom. The fraction of sp³-hybridized carbons (Fsp3) is 0.276. The molecule has 33 heavy (non-hydrogen) atoms. The molecule has 0 unspecified atom stereocenters. The van der Waals surface area contributed by atoms with E-state index in [4.69, 9.17) is 4.74 Å². The van der Waals surface area contributed by atoms with Crippen LogP contribution in [0.25, 0.3) is 16.8 Å². The molecule has 0 N–H and O–H groups in total. The summed E-state index contributed by atoms with van der Waals surface area (Å²) in [5.41, 5.74) is 5.08. The van der Waals surface area contributed by atoms with Crippen molar-refractivity contribution < 1.29 is 9.53 Å². The number of fused-ring (bicyclic) bond motifs is 1. The highest BCUT2D eigenvalue weighted by atomic mass is 16.5. The van der Waals surface area contributed by atoms with Crippen molar-refractivity contribution in [2.24, 2.45) is 5.41 Å². The Morgan fingerprint density at radius 1 is 1.06 bits per heavy atom. The van der Waals surface area contributed by atoms with Gasteiger partial charge in [-0.3, -0.25) is 4.98 Å². The van der Waals surface area contributed by atoms with Crippen LogP contribution in [0.1, 0.15) is 63.1 Å². The van der Waals surface area contributed by atoms with Crippen LogP contribution in [0.15, 0.2) is 83.7 Å². The van der Waals surface area contributed by atoms with Gasteiger partial charge in [-0.25, -0.2) is 9.78 Å². The summed E-state index contributed by atoms with van der Waals surface area (Å²) in [4.78, 5) is 21.1. The minimum Gasteiger partial charge on any atom is -0.422 e. The van der Waals surface area contributed by atoms with Gasteiger partial charge in [0.05, 0.1) is 18.1 Å². The minimum absolute atomic E-state index is 0.179. The largest absolute Gasteiger partial charge is 0.422 e. The van der Waals surface area contributed by atoms with Gasteiger partial charge in [0, 0.05) is 0 Å². The van der Waals surface area contributed by atoms with Gasteiger partial charge in [0.2, 0.25) is 0 Å². The first kappa shape index (κ1) is 22.7. The smallest absolute Gasteiger partial charge is 0.363 e. The maximum Gasteiger partial charge on any atom is 0.363 e. The molecule has 1 aromatic heterocycles. The van der Waals surface area contributed by atoms with Crippen LogP contribution >= 0.6 is 0 Å². The van der Waals surface area contributed by atoms with Gasteiger partial charge < -0.3 is 4.74 Å². The molecule has 4 rings (SSSR count). The molecule has 0 aliphatic heterocycles. The summed E-state index contributed by atoms with van der Waals surface area (Å²) in [6.07, 6.45) is 13.1. The molecule has 3 aromatic rings. The van der Waals surface area contributed by atoms with Gasteiger partial charge in [-0.2, -0.15) is 0 Å². The van der Waals surface area contributed by atoms with Crippen LogP contribution in [0.4, 0.5) is 0 Å². The second kappa shape index (κ2) is 9.53. The molecule has 0 spiro atoms. The van der Waals surface area contributed by atoms with Gasteiger partial charge in [0.25, 0.3) is 0 Å². The fourth-order valence-corrected chi connectivity index (χ4v) is 4.41. The maximum atomic E-state index is 12.5. The van der Waals surface area contributed by atoms with E-state index in [1.807, 2.05) is 49.4 Å². The first-order valence-electron chi connectivity index (χ1n) is 11.4. The summed E-state index contributed by atoms with van der Waals surface area (Å²) in [7, 11) is 0. The average Bonchev–Trinajstić information content (AvgIpc) is 2.78. The molecule has 4 nitrogen and oxygen atoms in total. The minimum atomic E-state index is -0.521. The Morgan fingerprint density at radius 3 is 2.58 bits per heavy atom. The highest BCUT2D eigenvalue weighted by Crippen LogP contribution is 2.40. The lowest BCUT2D eigenvalue weighted by Crippen LogP contribution is -2.19. The second-order valence-corrected chi connectivity index (χ2v) is 9.38. The zero-order chi connectivity index (χ0) is 23.4. The van der Waals surface area contributed by atoms with E-state index in [9.17, 15) is 4.79 Å². The first-order valence-corrected chi connectivity index (χ1v) is 11.4. The van der Waals surface area contributed by atoms with Crippen molar-refractivity contribution in [1.29, 1.82) is 0 Å². The molecule has 0 fully saturated rings. The molecule has 0 bridgehead atoms. The number of allylic oxidation sites excluding steroid dienone is 5. The van der Waals surface area contributed by atoms with Crippen molar-refractivity contribution in [2.75, 3.05) is 0 Å². The lowest BCUT2D eigenvalue weighted by Gasteiger charge is -2.32. The molecule has 1 aliphatic carbocycles. The van der Waals surface area contributed by atoms with Crippen molar-refractivity contribution in [3.63, 3.8) is 0 Å².